The molecule has 0 fully saturated rings. The Morgan fingerprint density at radius 2 is 1.91 bits per heavy atom. The van der Waals surface area contributed by atoms with E-state index in [1.165, 1.54) is 6.26 Å². The van der Waals surface area contributed by atoms with E-state index in [4.69, 9.17) is 4.42 Å². The highest BCUT2D eigenvalue weighted by Crippen LogP contribution is 2.31. The molecule has 43 heavy (non-hydrogen) atoms. The third-order valence-corrected chi connectivity index (χ3v) is 9.25. The molecule has 1 unspecified atom stereocenters. The summed E-state index contributed by atoms with van der Waals surface area (Å²) in [5.74, 6) is 0.725. The molecular formula is C29H26N8O5S. The third kappa shape index (κ3) is 4.65. The Morgan fingerprint density at radius 1 is 1.09 bits per heavy atom. The van der Waals surface area contributed by atoms with Gasteiger partial charge in [0.05, 0.1) is 34.3 Å². The summed E-state index contributed by atoms with van der Waals surface area (Å²) in [6, 6.07) is 13.6. The molecule has 0 bridgehead atoms. The molecule has 3 N–H and O–H groups in total. The number of fused-ring (bicyclic) bond motifs is 3. The van der Waals surface area contributed by atoms with Gasteiger partial charge in [-0.15, -0.1) is 0 Å². The fourth-order valence-electron chi connectivity index (χ4n) is 5.45. The number of carboxylic acid groups (broad SMARTS) is 1. The number of anilines is 3. The van der Waals surface area contributed by atoms with E-state index in [2.05, 4.69) is 30.8 Å². The first-order chi connectivity index (χ1) is 20.7. The molecule has 6 aromatic rings. The van der Waals surface area contributed by atoms with Crippen LogP contribution < -0.4 is 10.6 Å². The van der Waals surface area contributed by atoms with E-state index < -0.39 is 16.1 Å². The van der Waals surface area contributed by atoms with Crippen molar-refractivity contribution in [3.63, 3.8) is 0 Å². The van der Waals surface area contributed by atoms with Crippen LogP contribution in [-0.2, 0) is 22.9 Å². The summed E-state index contributed by atoms with van der Waals surface area (Å²) in [5, 5.41) is 25.2. The average Bonchev–Trinajstić information content (AvgIpc) is 3.71. The van der Waals surface area contributed by atoms with E-state index in [9.17, 15) is 18.3 Å². The van der Waals surface area contributed by atoms with E-state index in [-0.39, 0.29) is 16.9 Å². The number of hydrogen-bond acceptors (Lipinski definition) is 10. The Kier molecular flexibility index (Phi) is 6.16. The van der Waals surface area contributed by atoms with Crippen LogP contribution in [0.3, 0.4) is 0 Å². The Morgan fingerprint density at radius 3 is 2.70 bits per heavy atom. The number of carbonyl (C=O) groups is 1. The van der Waals surface area contributed by atoms with E-state index in [0.29, 0.717) is 52.4 Å². The Bertz CT molecular complexity index is 2150. The van der Waals surface area contributed by atoms with Crippen LogP contribution in [-0.4, -0.2) is 54.6 Å². The molecule has 14 heteroatoms. The molecule has 4 heterocycles. The summed E-state index contributed by atoms with van der Waals surface area (Å²) in [7, 11) is -3.86. The highest BCUT2D eigenvalue weighted by Gasteiger charge is 2.29. The summed E-state index contributed by atoms with van der Waals surface area (Å²) in [4.78, 5) is 21.1. The van der Waals surface area contributed by atoms with E-state index in [1.54, 1.807) is 61.7 Å². The van der Waals surface area contributed by atoms with Gasteiger partial charge in [-0.1, -0.05) is 17.7 Å². The van der Waals surface area contributed by atoms with Gasteiger partial charge in [0.2, 0.25) is 5.95 Å². The van der Waals surface area contributed by atoms with Gasteiger partial charge in [0.25, 0.3) is 10.0 Å². The molecule has 7 rings (SSSR count). The average molecular weight is 599 g/mol. The lowest BCUT2D eigenvalue weighted by Crippen LogP contribution is -2.30. The largest absolute Gasteiger partial charge is 0.463 e. The zero-order chi connectivity index (χ0) is 29.9. The molecule has 1 aliphatic carbocycles. The molecular weight excluding hydrogens is 572 g/mol. The first-order valence-corrected chi connectivity index (χ1v) is 15.0. The van der Waals surface area contributed by atoms with Crippen molar-refractivity contribution in [3.05, 3.63) is 83.5 Å². The van der Waals surface area contributed by atoms with E-state index >= 15 is 0 Å². The van der Waals surface area contributed by atoms with Crippen molar-refractivity contribution in [2.45, 2.75) is 44.0 Å². The van der Waals surface area contributed by atoms with Gasteiger partial charge in [0.15, 0.2) is 11.4 Å². The lowest BCUT2D eigenvalue weighted by atomic mass is 9.94. The number of furan rings is 1. The zero-order valence-corrected chi connectivity index (χ0v) is 24.0. The van der Waals surface area contributed by atoms with Crippen LogP contribution in [0.4, 0.5) is 22.2 Å². The molecule has 0 saturated heterocycles. The van der Waals surface area contributed by atoms with Gasteiger partial charge in [0.1, 0.15) is 5.52 Å². The third-order valence-electron chi connectivity index (χ3n) is 7.62. The van der Waals surface area contributed by atoms with Crippen molar-refractivity contribution in [2.24, 2.45) is 0 Å². The van der Waals surface area contributed by atoms with Crippen molar-refractivity contribution in [1.82, 2.24) is 28.9 Å². The Balaban J connectivity index is 1.17. The smallest absolute Gasteiger partial charge is 0.432 e. The second-order valence-electron chi connectivity index (χ2n) is 10.5. The van der Waals surface area contributed by atoms with Crippen molar-refractivity contribution >= 4 is 55.6 Å². The molecule has 0 spiro atoms. The zero-order valence-electron chi connectivity index (χ0n) is 23.1. The number of nitrogens with zero attached hydrogens (tertiary/aromatic N) is 6. The maximum Gasteiger partial charge on any atom is 0.432 e. The molecule has 0 radical (unpaired) electrons. The van der Waals surface area contributed by atoms with Crippen LogP contribution in [0.25, 0.3) is 22.0 Å². The van der Waals surface area contributed by atoms with Gasteiger partial charge < -0.3 is 20.2 Å². The van der Waals surface area contributed by atoms with Gasteiger partial charge in [-0.05, 0) is 62.6 Å². The monoisotopic (exact) mass is 598 g/mol. The first kappa shape index (κ1) is 26.6. The van der Waals surface area contributed by atoms with Crippen LogP contribution in [0, 0.1) is 13.8 Å². The second-order valence-corrected chi connectivity index (χ2v) is 12.3. The molecule has 0 amide bonds. The quantitative estimate of drug-likeness (QED) is 0.239. The minimum Gasteiger partial charge on any atom is -0.463 e. The van der Waals surface area contributed by atoms with Crippen molar-refractivity contribution < 1.29 is 22.7 Å². The van der Waals surface area contributed by atoms with Gasteiger partial charge >= 0.3 is 6.09 Å². The topological polar surface area (TPSA) is 170 Å². The van der Waals surface area contributed by atoms with Crippen LogP contribution in [0.5, 0.6) is 0 Å². The summed E-state index contributed by atoms with van der Waals surface area (Å²) >= 11 is 0. The summed E-state index contributed by atoms with van der Waals surface area (Å²) in [6.07, 6.45) is 3.75. The van der Waals surface area contributed by atoms with Crippen molar-refractivity contribution in [2.75, 3.05) is 10.6 Å². The SMILES string of the molecule is Cc1ccc(S(=O)(=O)n2ncc3c2CC(Nc2nc(Nc4ccc5c(C)nn(C(=O)O)c5c4)nc4ccoc24)CC3)cc1. The van der Waals surface area contributed by atoms with Gasteiger partial charge in [-0.3, -0.25) is 0 Å². The van der Waals surface area contributed by atoms with Gasteiger partial charge in [-0.25, -0.2) is 9.78 Å². The van der Waals surface area contributed by atoms with Gasteiger partial charge in [0, 0.05) is 29.6 Å². The minimum absolute atomic E-state index is 0.156. The predicted octanol–water partition coefficient (Wildman–Crippen LogP) is 4.86. The number of benzene rings is 2. The fourth-order valence-corrected chi connectivity index (χ4v) is 6.78. The Hall–Kier alpha value is -5.24. The second kappa shape index (κ2) is 9.94. The number of aromatic nitrogens is 6. The van der Waals surface area contributed by atoms with Crippen molar-refractivity contribution in [3.8, 4) is 0 Å². The molecule has 2 aromatic carbocycles. The predicted molar refractivity (Wildman–Crippen MR) is 158 cm³/mol. The van der Waals surface area contributed by atoms with Crippen LogP contribution in [0.15, 0.2) is 70.3 Å². The number of rotatable bonds is 6. The normalized spacial score (nSPS) is 15.1. The maximum absolute atomic E-state index is 13.4. The Labute approximate surface area is 245 Å². The van der Waals surface area contributed by atoms with Gasteiger partial charge in [-0.2, -0.15) is 32.4 Å². The lowest BCUT2D eigenvalue weighted by Gasteiger charge is -2.24. The summed E-state index contributed by atoms with van der Waals surface area (Å²) in [5.41, 5.74) is 5.15. The number of hydrogen-bond donors (Lipinski definition) is 3. The first-order valence-electron chi connectivity index (χ1n) is 13.6. The maximum atomic E-state index is 13.4. The molecule has 0 saturated carbocycles. The van der Waals surface area contributed by atoms with Crippen LogP contribution in [0.1, 0.15) is 28.9 Å². The van der Waals surface area contributed by atoms with Crippen LogP contribution in [0.2, 0.25) is 0 Å². The fraction of sp³-hybridized carbons (Fsp3) is 0.207. The highest BCUT2D eigenvalue weighted by atomic mass is 32.2. The molecule has 218 valence electrons. The standard InChI is InChI=1S/C29H26N8O5S/c1-16-3-8-21(9-4-16)43(40,41)37-24-13-19(6-5-18(24)15-30-37)31-27-26-23(11-12-42-26)33-28(34-27)32-20-7-10-22-17(2)35-36(29(38)39)25(22)14-20/h3-4,7-12,14-15,19H,5-6,13H2,1-2H3,(H,38,39)(H2,31,32,33,34). The number of nitrogens with one attached hydrogen (secondary N) is 2. The summed E-state index contributed by atoms with van der Waals surface area (Å²) in [6.45, 7) is 3.66. The van der Waals surface area contributed by atoms with Crippen LogP contribution >= 0.6 is 0 Å². The molecule has 0 aliphatic heterocycles. The van der Waals surface area contributed by atoms with E-state index in [0.717, 1.165) is 31.7 Å². The molecule has 4 aromatic heterocycles. The summed E-state index contributed by atoms with van der Waals surface area (Å²) < 4.78 is 34.6. The number of aryl methyl sites for hydroxylation is 3. The highest BCUT2D eigenvalue weighted by molar-refractivity contribution is 7.89. The minimum atomic E-state index is -3.86. The van der Waals surface area contributed by atoms with Crippen molar-refractivity contribution in [1.29, 1.82) is 0 Å². The molecule has 1 aliphatic rings. The van der Waals surface area contributed by atoms with E-state index in [1.807, 2.05) is 6.92 Å². The molecule has 13 nitrogen and oxygen atoms in total. The molecule has 1 atom stereocenters. The lowest BCUT2D eigenvalue weighted by molar-refractivity contribution is 0.194.